The van der Waals surface area contributed by atoms with Crippen LogP contribution in [0.3, 0.4) is 0 Å². The number of rotatable bonds is 8. The highest BCUT2D eigenvalue weighted by Gasteiger charge is 2.22. The van der Waals surface area contributed by atoms with Gasteiger partial charge in [0.05, 0.1) is 5.71 Å². The smallest absolute Gasteiger partial charge is 0.145 e. The van der Waals surface area contributed by atoms with Crippen LogP contribution in [0.5, 0.6) is 0 Å². The number of para-hydroxylation sites is 2. The summed E-state index contributed by atoms with van der Waals surface area (Å²) in [6.07, 6.45) is 1.93. The fourth-order valence-corrected chi connectivity index (χ4v) is 7.74. The summed E-state index contributed by atoms with van der Waals surface area (Å²) in [5.74, 6) is 0. The molecule has 4 heteroatoms. The molecule has 1 unspecified atom stereocenters. The first kappa shape index (κ1) is 33.2. The van der Waals surface area contributed by atoms with Crippen LogP contribution in [0, 0.1) is 0 Å². The second-order valence-corrected chi connectivity index (χ2v) is 14.0. The fourth-order valence-electron chi connectivity index (χ4n) is 7.74. The van der Waals surface area contributed by atoms with Gasteiger partial charge in [-0.05, 0) is 94.1 Å². The summed E-state index contributed by atoms with van der Waals surface area (Å²) in [5, 5.41) is 5.85. The van der Waals surface area contributed by atoms with E-state index in [-0.39, 0.29) is 6.17 Å². The number of fused-ring (bicyclic) bond motifs is 3. The van der Waals surface area contributed by atoms with Crippen LogP contribution < -0.4 is 10.2 Å². The number of nitrogens with zero attached hydrogens (tertiary/aromatic N) is 2. The maximum Gasteiger partial charge on any atom is 0.145 e. The number of anilines is 3. The second kappa shape index (κ2) is 14.4. The van der Waals surface area contributed by atoms with Crippen LogP contribution in [0.15, 0.2) is 222 Å². The van der Waals surface area contributed by atoms with E-state index in [0.717, 1.165) is 78.2 Å². The molecule has 1 aromatic heterocycles. The van der Waals surface area contributed by atoms with E-state index in [9.17, 15) is 0 Å². The SMILES string of the molecule is C1=C(c2ccc(-c3ccccc3)cc2)NC(c2ccccc2)N=C1c1cccc2oc3cc(-c4ccc(N(c5ccccc5)c5ccccc5)cc4)ccc3c12. The fraction of sp³-hybridized carbons (Fsp3) is 0.0192. The molecule has 1 aliphatic rings. The Morgan fingerprint density at radius 2 is 0.982 bits per heavy atom. The highest BCUT2D eigenvalue weighted by molar-refractivity contribution is 6.24. The lowest BCUT2D eigenvalue weighted by Crippen LogP contribution is -2.24. The Morgan fingerprint density at radius 1 is 0.446 bits per heavy atom. The first-order chi connectivity index (χ1) is 27.7. The average molecular weight is 720 g/mol. The molecule has 9 aromatic rings. The molecule has 1 aliphatic heterocycles. The standard InChI is InChI=1S/C52H37N3O/c1-5-14-36(15-6-1)37-24-26-39(27-25-37)47-35-48(54-52(53-47)40-16-7-2-8-17-40)45-22-13-23-49-51(45)46-33-30-41(34-50(46)56-49)38-28-31-44(32-29-38)55(42-18-9-3-10-19-42)43-20-11-4-12-21-43/h1-35,52-53H. The molecule has 0 saturated heterocycles. The molecular formula is C52H37N3O. The molecule has 0 fully saturated rings. The first-order valence-corrected chi connectivity index (χ1v) is 19.0. The Bertz CT molecular complexity index is 2800. The van der Waals surface area contributed by atoms with Gasteiger partial charge in [0.15, 0.2) is 0 Å². The maximum absolute atomic E-state index is 6.60. The molecule has 0 aliphatic carbocycles. The van der Waals surface area contributed by atoms with Crippen molar-refractivity contribution in [2.45, 2.75) is 6.17 Å². The molecule has 8 aromatic carbocycles. The van der Waals surface area contributed by atoms with Gasteiger partial charge in [-0.1, -0.05) is 152 Å². The van der Waals surface area contributed by atoms with Gasteiger partial charge in [0, 0.05) is 39.1 Å². The molecular weight excluding hydrogens is 683 g/mol. The van der Waals surface area contributed by atoms with Crippen molar-refractivity contribution >= 4 is 50.4 Å². The minimum absolute atomic E-state index is 0.247. The van der Waals surface area contributed by atoms with Gasteiger partial charge in [-0.3, -0.25) is 4.99 Å². The molecule has 0 radical (unpaired) electrons. The zero-order chi connectivity index (χ0) is 37.3. The third kappa shape index (κ3) is 6.33. The predicted molar refractivity (Wildman–Crippen MR) is 233 cm³/mol. The zero-order valence-corrected chi connectivity index (χ0v) is 30.6. The molecule has 0 bridgehead atoms. The average Bonchev–Trinajstić information content (AvgIpc) is 3.66. The number of hydrogen-bond acceptors (Lipinski definition) is 4. The highest BCUT2D eigenvalue weighted by atomic mass is 16.3. The summed E-state index contributed by atoms with van der Waals surface area (Å²) in [5.41, 5.74) is 14.8. The molecule has 1 atom stereocenters. The normalized spacial score (nSPS) is 13.9. The molecule has 0 amide bonds. The molecule has 10 rings (SSSR count). The van der Waals surface area contributed by atoms with Gasteiger partial charge in [0.25, 0.3) is 0 Å². The third-order valence-corrected chi connectivity index (χ3v) is 10.5. The van der Waals surface area contributed by atoms with Crippen molar-refractivity contribution in [2.75, 3.05) is 4.90 Å². The summed E-state index contributed by atoms with van der Waals surface area (Å²) in [6, 6.07) is 72.2. The van der Waals surface area contributed by atoms with E-state index >= 15 is 0 Å². The number of hydrogen-bond donors (Lipinski definition) is 1. The minimum Gasteiger partial charge on any atom is -0.456 e. The van der Waals surface area contributed by atoms with E-state index in [4.69, 9.17) is 9.41 Å². The largest absolute Gasteiger partial charge is 0.456 e. The zero-order valence-electron chi connectivity index (χ0n) is 30.6. The lowest BCUT2D eigenvalue weighted by atomic mass is 9.96. The van der Waals surface area contributed by atoms with Crippen molar-refractivity contribution in [1.29, 1.82) is 0 Å². The van der Waals surface area contributed by atoms with Crippen LogP contribution in [-0.4, -0.2) is 5.71 Å². The number of aliphatic imine (C=N–C) groups is 1. The predicted octanol–water partition coefficient (Wildman–Crippen LogP) is 13.5. The van der Waals surface area contributed by atoms with Gasteiger partial charge in [-0.15, -0.1) is 0 Å². The summed E-state index contributed by atoms with van der Waals surface area (Å²) in [7, 11) is 0. The van der Waals surface area contributed by atoms with Gasteiger partial charge in [-0.25, -0.2) is 0 Å². The number of nitrogens with one attached hydrogen (secondary N) is 1. The van der Waals surface area contributed by atoms with Gasteiger partial charge in [0.2, 0.25) is 0 Å². The van der Waals surface area contributed by atoms with E-state index in [0.29, 0.717) is 0 Å². The van der Waals surface area contributed by atoms with Crippen LogP contribution in [-0.2, 0) is 0 Å². The summed E-state index contributed by atoms with van der Waals surface area (Å²) in [4.78, 5) is 7.59. The van der Waals surface area contributed by atoms with Crippen LogP contribution in [0.2, 0.25) is 0 Å². The highest BCUT2D eigenvalue weighted by Crippen LogP contribution is 2.39. The summed E-state index contributed by atoms with van der Waals surface area (Å²) in [6.45, 7) is 0. The van der Waals surface area contributed by atoms with E-state index in [1.54, 1.807) is 0 Å². The van der Waals surface area contributed by atoms with Crippen molar-refractivity contribution < 1.29 is 4.42 Å². The third-order valence-electron chi connectivity index (χ3n) is 10.5. The lowest BCUT2D eigenvalue weighted by Gasteiger charge is -2.25. The maximum atomic E-state index is 6.60. The number of allylic oxidation sites excluding steroid dienone is 1. The van der Waals surface area contributed by atoms with Gasteiger partial charge < -0.3 is 14.6 Å². The van der Waals surface area contributed by atoms with E-state index in [1.807, 2.05) is 24.3 Å². The van der Waals surface area contributed by atoms with E-state index in [1.165, 1.54) is 11.1 Å². The van der Waals surface area contributed by atoms with E-state index < -0.39 is 0 Å². The molecule has 2 heterocycles. The van der Waals surface area contributed by atoms with Gasteiger partial charge in [-0.2, -0.15) is 0 Å². The van der Waals surface area contributed by atoms with Crippen molar-refractivity contribution in [3.63, 3.8) is 0 Å². The Hall–Kier alpha value is -7.43. The van der Waals surface area contributed by atoms with Crippen LogP contribution >= 0.6 is 0 Å². The topological polar surface area (TPSA) is 40.8 Å². The Labute approximate surface area is 326 Å². The van der Waals surface area contributed by atoms with Gasteiger partial charge in [0.1, 0.15) is 17.3 Å². The monoisotopic (exact) mass is 719 g/mol. The van der Waals surface area contributed by atoms with Crippen molar-refractivity contribution in [3.8, 4) is 22.3 Å². The van der Waals surface area contributed by atoms with Crippen LogP contribution in [0.4, 0.5) is 17.1 Å². The molecule has 266 valence electrons. The van der Waals surface area contributed by atoms with Crippen LogP contribution in [0.1, 0.15) is 22.9 Å². The second-order valence-electron chi connectivity index (χ2n) is 14.0. The number of benzene rings is 8. The molecule has 0 spiro atoms. The van der Waals surface area contributed by atoms with Crippen molar-refractivity contribution in [3.05, 3.63) is 229 Å². The van der Waals surface area contributed by atoms with Gasteiger partial charge >= 0.3 is 0 Å². The summed E-state index contributed by atoms with van der Waals surface area (Å²) < 4.78 is 6.60. The molecule has 0 saturated carbocycles. The Kier molecular flexibility index (Phi) is 8.54. The first-order valence-electron chi connectivity index (χ1n) is 19.0. The van der Waals surface area contributed by atoms with Crippen LogP contribution in [0.25, 0.3) is 49.9 Å². The Morgan fingerprint density at radius 3 is 1.66 bits per heavy atom. The van der Waals surface area contributed by atoms with E-state index in [2.05, 4.69) is 198 Å². The molecule has 56 heavy (non-hydrogen) atoms. The molecule has 4 nitrogen and oxygen atoms in total. The van der Waals surface area contributed by atoms with Crippen molar-refractivity contribution in [1.82, 2.24) is 5.32 Å². The Balaban J connectivity index is 1.02. The quantitative estimate of drug-likeness (QED) is 0.170. The van der Waals surface area contributed by atoms with Crippen molar-refractivity contribution in [2.24, 2.45) is 4.99 Å². The summed E-state index contributed by atoms with van der Waals surface area (Å²) >= 11 is 0. The minimum atomic E-state index is -0.247. The number of furan rings is 1. The lowest BCUT2D eigenvalue weighted by molar-refractivity contribution is 0.663. The molecule has 1 N–H and O–H groups in total.